The minimum absolute atomic E-state index is 0.167. The average molecular weight is 673 g/mol. The van der Waals surface area contributed by atoms with E-state index in [-0.39, 0.29) is 36.6 Å². The molecule has 2 amide bonds. The van der Waals surface area contributed by atoms with Crippen molar-refractivity contribution in [2.45, 2.75) is 78.4 Å². The van der Waals surface area contributed by atoms with Crippen LogP contribution in [-0.4, -0.2) is 80.1 Å². The topological polar surface area (TPSA) is 161 Å². The van der Waals surface area contributed by atoms with Gasteiger partial charge >= 0.3 is 11.9 Å². The van der Waals surface area contributed by atoms with Crippen LogP contribution in [0.2, 0.25) is 0 Å². The van der Waals surface area contributed by atoms with E-state index in [0.29, 0.717) is 53.8 Å². The molecule has 0 spiro atoms. The summed E-state index contributed by atoms with van der Waals surface area (Å²) in [5, 5.41) is 4.50. The third kappa shape index (κ3) is 7.02. The maximum absolute atomic E-state index is 13.4. The number of rotatable bonds is 8. The van der Waals surface area contributed by atoms with E-state index in [0.717, 1.165) is 49.9 Å². The second kappa shape index (κ2) is 14.8. The second-order valence-electron chi connectivity index (χ2n) is 12.5. The smallest absolute Gasteiger partial charge is 0.305 e. The lowest BCUT2D eigenvalue weighted by molar-refractivity contribution is -0.141. The Morgan fingerprint density at radius 2 is 1.35 bits per heavy atom. The van der Waals surface area contributed by atoms with Crippen molar-refractivity contribution in [1.29, 1.82) is 0 Å². The third-order valence-electron chi connectivity index (χ3n) is 9.82. The molecular formula is C37H44N4O8. The minimum atomic E-state index is -0.561. The number of carbonyl (C=O) groups excluding carboxylic acids is 4. The fourth-order valence-corrected chi connectivity index (χ4v) is 6.89. The van der Waals surface area contributed by atoms with Crippen LogP contribution in [0.5, 0.6) is 0 Å². The molecule has 0 saturated carbocycles. The predicted octanol–water partition coefficient (Wildman–Crippen LogP) is 2.69. The Labute approximate surface area is 285 Å². The number of H-pyrrole nitrogens is 2. The number of nitrogens with zero attached hydrogens (tertiary/aromatic N) is 1. The summed E-state index contributed by atoms with van der Waals surface area (Å²) in [5.41, 5.74) is 8.73. The summed E-state index contributed by atoms with van der Waals surface area (Å²) in [6.45, 7) is 7.66. The number of carbonyl (C=O) groups is 4. The van der Waals surface area contributed by atoms with Crippen molar-refractivity contribution in [2.75, 3.05) is 28.4 Å². The number of hydrogen-bond donors (Lipinski definition) is 3. The van der Waals surface area contributed by atoms with E-state index >= 15 is 0 Å². The molecule has 3 N–H and O–H groups in total. The number of aliphatic imine (C=N–C) groups is 1. The summed E-state index contributed by atoms with van der Waals surface area (Å²) in [6.07, 6.45) is 6.59. The molecule has 0 aliphatic carbocycles. The van der Waals surface area contributed by atoms with E-state index < -0.39 is 12.2 Å². The summed E-state index contributed by atoms with van der Waals surface area (Å²) in [6, 6.07) is 0. The van der Waals surface area contributed by atoms with Gasteiger partial charge in [0.15, 0.2) is 0 Å². The molecule has 0 aromatic carbocycles. The molecule has 5 heterocycles. The first-order valence-electron chi connectivity index (χ1n) is 16.3. The van der Waals surface area contributed by atoms with Gasteiger partial charge in [-0.25, -0.2) is 4.99 Å². The number of esters is 2. The van der Waals surface area contributed by atoms with E-state index in [1.807, 2.05) is 45.9 Å². The molecule has 260 valence electrons. The lowest BCUT2D eigenvalue weighted by Gasteiger charge is -2.21. The summed E-state index contributed by atoms with van der Waals surface area (Å²) < 4.78 is 21.5. The first-order chi connectivity index (χ1) is 23.4. The van der Waals surface area contributed by atoms with Crippen molar-refractivity contribution in [3.05, 3.63) is 72.3 Å². The Hall–Kier alpha value is -4.81. The molecule has 12 nitrogen and oxygen atoms in total. The maximum atomic E-state index is 13.4. The van der Waals surface area contributed by atoms with Crippen LogP contribution in [0.15, 0.2) is 33.0 Å². The Morgan fingerprint density at radius 3 is 1.96 bits per heavy atom. The zero-order valence-electron chi connectivity index (χ0n) is 29.3. The standard InChI is InChI=1S/C37H44N4O8/c1-18-22(9-13-32(42)48-7)28-17-29-23(10-14-33(43)49-8)19(2)25(39-29)16-27-21(4)35(37(45)41-27)31(47-6)12-11-30(46-5)34-20(3)26(40-36(34)44)15-24(18)38-28/h15-17,30-31,38-39H,9-14H2,1-8H3,(H,40,44)/b25-16-,26-15+,29-17-/t30-,31-/m1/s1. The molecular weight excluding hydrogens is 628 g/mol. The molecule has 0 radical (unpaired) electrons. The molecule has 2 atom stereocenters. The Bertz CT molecular complexity index is 1970. The van der Waals surface area contributed by atoms with Gasteiger partial charge in [0.2, 0.25) is 0 Å². The lowest BCUT2D eigenvalue weighted by Crippen LogP contribution is -2.27. The van der Waals surface area contributed by atoms with Gasteiger partial charge < -0.3 is 34.2 Å². The van der Waals surface area contributed by atoms with Gasteiger partial charge in [0, 0.05) is 54.8 Å². The molecule has 0 saturated heterocycles. The van der Waals surface area contributed by atoms with Crippen molar-refractivity contribution >= 4 is 47.7 Å². The number of amides is 2. The van der Waals surface area contributed by atoms with Crippen molar-refractivity contribution in [1.82, 2.24) is 15.3 Å². The summed E-state index contributed by atoms with van der Waals surface area (Å²) in [4.78, 5) is 62.6. The van der Waals surface area contributed by atoms with Crippen LogP contribution in [0.3, 0.4) is 0 Å². The predicted molar refractivity (Wildman–Crippen MR) is 184 cm³/mol. The van der Waals surface area contributed by atoms with Gasteiger partial charge in [-0.2, -0.15) is 0 Å². The lowest BCUT2D eigenvalue weighted by atomic mass is 9.94. The fraction of sp³-hybridized carbons (Fsp3) is 0.432. The van der Waals surface area contributed by atoms with Crippen LogP contribution < -0.4 is 16.0 Å². The average Bonchev–Trinajstić information content (AvgIpc) is 3.73. The fourth-order valence-electron chi connectivity index (χ4n) is 6.89. The summed E-state index contributed by atoms with van der Waals surface area (Å²) >= 11 is 0. The summed E-state index contributed by atoms with van der Waals surface area (Å²) in [5.74, 6) is -1.29. The van der Waals surface area contributed by atoms with Crippen molar-refractivity contribution in [2.24, 2.45) is 4.99 Å². The maximum Gasteiger partial charge on any atom is 0.305 e. The third-order valence-corrected chi connectivity index (χ3v) is 9.82. The van der Waals surface area contributed by atoms with Crippen LogP contribution >= 0.6 is 0 Å². The Kier molecular flexibility index (Phi) is 10.7. The quantitative estimate of drug-likeness (QED) is 0.361. The highest BCUT2D eigenvalue weighted by atomic mass is 16.5. The SMILES string of the molecule is COC(=O)CCc1c2[nH]c(c1C)/C=C1/NC(=O)C(=C1C)[C@H](OC)CC[C@@H](OC)C1=C(C)C(=NC1=O)/C=c1\[nH]/c(c(CCC(=O)OC)c1C)=C\2. The molecule has 5 rings (SSSR count). The van der Waals surface area contributed by atoms with E-state index in [2.05, 4.69) is 20.3 Å². The number of nitrogens with one attached hydrogen (secondary N) is 3. The van der Waals surface area contributed by atoms with Crippen LogP contribution in [0.4, 0.5) is 0 Å². The van der Waals surface area contributed by atoms with Gasteiger partial charge in [0.05, 0.1) is 43.3 Å². The number of aromatic nitrogens is 2. The van der Waals surface area contributed by atoms with Gasteiger partial charge in [-0.15, -0.1) is 0 Å². The first kappa shape index (κ1) is 35.5. The van der Waals surface area contributed by atoms with E-state index in [1.54, 1.807) is 14.2 Å². The van der Waals surface area contributed by atoms with Crippen LogP contribution in [0, 0.1) is 13.8 Å². The number of aromatic amines is 2. The molecule has 0 fully saturated rings. The molecule has 8 bridgehead atoms. The molecule has 49 heavy (non-hydrogen) atoms. The monoisotopic (exact) mass is 672 g/mol. The molecule has 3 aliphatic rings. The zero-order chi connectivity index (χ0) is 35.6. The van der Waals surface area contributed by atoms with Gasteiger partial charge in [0.25, 0.3) is 11.8 Å². The van der Waals surface area contributed by atoms with Crippen LogP contribution in [0.1, 0.15) is 73.2 Å². The highest BCUT2D eigenvalue weighted by Crippen LogP contribution is 2.32. The highest BCUT2D eigenvalue weighted by Gasteiger charge is 2.34. The molecule has 12 heteroatoms. The summed E-state index contributed by atoms with van der Waals surface area (Å²) in [7, 11) is 5.85. The molecule has 2 aromatic heterocycles. The van der Waals surface area contributed by atoms with Crippen LogP contribution in [0.25, 0.3) is 18.2 Å². The largest absolute Gasteiger partial charge is 0.469 e. The Morgan fingerprint density at radius 1 is 0.735 bits per heavy atom. The van der Waals surface area contributed by atoms with Crippen molar-refractivity contribution < 1.29 is 38.1 Å². The Balaban J connectivity index is 1.79. The van der Waals surface area contributed by atoms with Crippen molar-refractivity contribution in [3.63, 3.8) is 0 Å². The number of ether oxygens (including phenoxy) is 4. The second-order valence-corrected chi connectivity index (χ2v) is 12.5. The normalized spacial score (nSPS) is 21.8. The number of hydrogen-bond acceptors (Lipinski definition) is 8. The van der Waals surface area contributed by atoms with E-state index in [4.69, 9.17) is 18.9 Å². The zero-order valence-corrected chi connectivity index (χ0v) is 29.3. The molecule has 0 unspecified atom stereocenters. The number of methoxy groups -OCH3 is 4. The number of allylic oxidation sites excluding steroid dienone is 2. The van der Waals surface area contributed by atoms with Gasteiger partial charge in [0.1, 0.15) is 0 Å². The van der Waals surface area contributed by atoms with Gasteiger partial charge in [-0.05, 0) is 105 Å². The number of fused-ring (bicyclic) bond motifs is 6. The van der Waals surface area contributed by atoms with Crippen molar-refractivity contribution in [3.8, 4) is 0 Å². The van der Waals surface area contributed by atoms with Gasteiger partial charge in [-0.3, -0.25) is 19.2 Å². The minimum Gasteiger partial charge on any atom is -0.469 e. The molecule has 3 aliphatic heterocycles. The van der Waals surface area contributed by atoms with E-state index in [1.165, 1.54) is 14.2 Å². The highest BCUT2D eigenvalue weighted by molar-refractivity contribution is 6.31. The first-order valence-corrected chi connectivity index (χ1v) is 16.3. The van der Waals surface area contributed by atoms with E-state index in [9.17, 15) is 19.2 Å². The molecule has 2 aromatic rings. The van der Waals surface area contributed by atoms with Crippen LogP contribution in [-0.2, 0) is 51.0 Å². The van der Waals surface area contributed by atoms with Gasteiger partial charge in [-0.1, -0.05) is 0 Å².